The third-order valence-corrected chi connectivity index (χ3v) is 7.24. The van der Waals surface area contributed by atoms with E-state index in [0.717, 1.165) is 64.2 Å². The first-order chi connectivity index (χ1) is 19.1. The standard InChI is InChI=1S/C19H15N3O.C11H10BrN3O/c23-13-17-11-20-19-18(10-15-6-7-15)21-16(12-22(17)19)9-8-14-4-2-1-3-5-14;12-10-5-15-8(6-16)4-13-11(15)9(14-10)3-7-1-2-7/h1-5,11-13,15H,6-7,10H2;4-7H,1-3H2. The van der Waals surface area contributed by atoms with Gasteiger partial charge in [-0.2, -0.15) is 0 Å². The molecule has 0 radical (unpaired) electrons. The van der Waals surface area contributed by atoms with Crippen molar-refractivity contribution in [3.05, 3.63) is 93.8 Å². The quantitative estimate of drug-likeness (QED) is 0.203. The molecule has 0 bridgehead atoms. The van der Waals surface area contributed by atoms with E-state index in [1.165, 1.54) is 25.7 Å². The van der Waals surface area contributed by atoms with E-state index in [-0.39, 0.29) is 0 Å². The molecule has 4 aromatic heterocycles. The molecule has 7 rings (SSSR count). The predicted octanol–water partition coefficient (Wildman–Crippen LogP) is 5.15. The highest BCUT2D eigenvalue weighted by molar-refractivity contribution is 9.10. The van der Waals surface area contributed by atoms with Gasteiger partial charge in [-0.05, 0) is 84.3 Å². The fourth-order valence-electron chi connectivity index (χ4n) is 4.46. The van der Waals surface area contributed by atoms with E-state index in [4.69, 9.17) is 0 Å². The number of carbonyl (C=O) groups is 2. The van der Waals surface area contributed by atoms with Gasteiger partial charge < -0.3 is 0 Å². The molecule has 194 valence electrons. The van der Waals surface area contributed by atoms with Crippen LogP contribution < -0.4 is 0 Å². The predicted molar refractivity (Wildman–Crippen MR) is 150 cm³/mol. The molecule has 5 aromatic rings. The van der Waals surface area contributed by atoms with Gasteiger partial charge in [-0.15, -0.1) is 0 Å². The van der Waals surface area contributed by atoms with Gasteiger partial charge in [0, 0.05) is 18.0 Å². The monoisotopic (exact) mass is 580 g/mol. The lowest BCUT2D eigenvalue weighted by Crippen LogP contribution is -2.03. The molecule has 2 aliphatic carbocycles. The number of carbonyl (C=O) groups excluding carboxylic acids is 2. The van der Waals surface area contributed by atoms with Crippen LogP contribution in [0.5, 0.6) is 0 Å². The highest BCUT2D eigenvalue weighted by Crippen LogP contribution is 2.34. The van der Waals surface area contributed by atoms with Gasteiger partial charge in [-0.1, -0.05) is 24.1 Å². The largest absolute Gasteiger partial charge is 0.296 e. The van der Waals surface area contributed by atoms with Gasteiger partial charge in [0.15, 0.2) is 23.9 Å². The minimum absolute atomic E-state index is 0.530. The summed E-state index contributed by atoms with van der Waals surface area (Å²) in [5, 5.41) is 0. The van der Waals surface area contributed by atoms with E-state index < -0.39 is 0 Å². The Morgan fingerprint density at radius 2 is 1.36 bits per heavy atom. The molecule has 39 heavy (non-hydrogen) atoms. The van der Waals surface area contributed by atoms with Crippen LogP contribution in [0.4, 0.5) is 0 Å². The number of halogens is 1. The normalized spacial score (nSPS) is 14.4. The molecular weight excluding hydrogens is 556 g/mol. The van der Waals surface area contributed by atoms with Crippen LogP contribution in [0.25, 0.3) is 11.3 Å². The second kappa shape index (κ2) is 10.9. The van der Waals surface area contributed by atoms with E-state index in [0.29, 0.717) is 23.0 Å². The first-order valence-corrected chi connectivity index (χ1v) is 13.8. The molecule has 0 aliphatic heterocycles. The zero-order valence-corrected chi connectivity index (χ0v) is 22.7. The van der Waals surface area contributed by atoms with Gasteiger partial charge in [0.2, 0.25) is 0 Å². The highest BCUT2D eigenvalue weighted by Gasteiger charge is 2.25. The maximum Gasteiger partial charge on any atom is 0.168 e. The number of aldehydes is 2. The number of imidazole rings is 2. The Kier molecular flexibility index (Phi) is 7.03. The molecule has 2 saturated carbocycles. The number of aromatic nitrogens is 6. The van der Waals surface area contributed by atoms with Crippen molar-refractivity contribution in [2.45, 2.75) is 38.5 Å². The fourth-order valence-corrected chi connectivity index (χ4v) is 4.88. The van der Waals surface area contributed by atoms with E-state index in [1.807, 2.05) is 30.3 Å². The van der Waals surface area contributed by atoms with Crippen LogP contribution in [0.1, 0.15) is 69.3 Å². The third-order valence-electron chi connectivity index (χ3n) is 6.86. The molecule has 0 atom stereocenters. The summed E-state index contributed by atoms with van der Waals surface area (Å²) in [7, 11) is 0. The Balaban J connectivity index is 0.000000151. The number of benzene rings is 1. The summed E-state index contributed by atoms with van der Waals surface area (Å²) >= 11 is 3.37. The Labute approximate surface area is 233 Å². The third kappa shape index (κ3) is 5.81. The van der Waals surface area contributed by atoms with Crippen LogP contribution in [0.2, 0.25) is 0 Å². The van der Waals surface area contributed by atoms with Crippen molar-refractivity contribution in [3.8, 4) is 11.8 Å². The summed E-state index contributed by atoms with van der Waals surface area (Å²) in [6, 6.07) is 9.81. The van der Waals surface area contributed by atoms with E-state index >= 15 is 0 Å². The summed E-state index contributed by atoms with van der Waals surface area (Å²) in [6.07, 6.45) is 15.3. The topological polar surface area (TPSA) is 94.5 Å². The van der Waals surface area contributed by atoms with Crippen LogP contribution in [-0.4, -0.2) is 41.3 Å². The molecule has 0 unspecified atom stereocenters. The van der Waals surface area contributed by atoms with Gasteiger partial charge in [-0.3, -0.25) is 18.4 Å². The second-order valence-electron chi connectivity index (χ2n) is 9.98. The van der Waals surface area contributed by atoms with Crippen molar-refractivity contribution >= 4 is 39.8 Å². The first-order valence-electron chi connectivity index (χ1n) is 13.0. The summed E-state index contributed by atoms with van der Waals surface area (Å²) in [5.41, 5.74) is 6.18. The van der Waals surface area contributed by atoms with Crippen molar-refractivity contribution in [2.75, 3.05) is 0 Å². The molecule has 2 aliphatic rings. The first kappa shape index (κ1) is 25.1. The smallest absolute Gasteiger partial charge is 0.168 e. The minimum Gasteiger partial charge on any atom is -0.296 e. The van der Waals surface area contributed by atoms with Crippen LogP contribution in [0.3, 0.4) is 0 Å². The average molecular weight is 581 g/mol. The summed E-state index contributed by atoms with van der Waals surface area (Å²) in [6.45, 7) is 0. The van der Waals surface area contributed by atoms with Gasteiger partial charge in [0.25, 0.3) is 0 Å². The van der Waals surface area contributed by atoms with E-state index in [1.54, 1.807) is 33.6 Å². The SMILES string of the molecule is O=Cc1cnc2c(CC3CC3)nc(Br)cn12.O=Cc1cnc2c(CC3CC3)nc(C#Cc3ccccc3)cn12. The molecule has 9 heteroatoms. The van der Waals surface area contributed by atoms with Gasteiger partial charge in [-0.25, -0.2) is 19.9 Å². The highest BCUT2D eigenvalue weighted by atomic mass is 79.9. The minimum atomic E-state index is 0.530. The maximum absolute atomic E-state index is 11.2. The van der Waals surface area contributed by atoms with Crippen LogP contribution in [0, 0.1) is 23.7 Å². The molecule has 1 aromatic carbocycles. The number of hydrogen-bond donors (Lipinski definition) is 0. The molecule has 0 amide bonds. The lowest BCUT2D eigenvalue weighted by Gasteiger charge is -2.04. The Bertz CT molecular complexity index is 1740. The van der Waals surface area contributed by atoms with Crippen molar-refractivity contribution in [2.24, 2.45) is 11.8 Å². The zero-order chi connectivity index (χ0) is 26.8. The number of fused-ring (bicyclic) bond motifs is 2. The summed E-state index contributed by atoms with van der Waals surface area (Å²) in [5.74, 6) is 7.67. The Morgan fingerprint density at radius 3 is 1.92 bits per heavy atom. The van der Waals surface area contributed by atoms with Crippen LogP contribution >= 0.6 is 15.9 Å². The molecule has 8 nitrogen and oxygen atoms in total. The zero-order valence-electron chi connectivity index (χ0n) is 21.1. The van der Waals surface area contributed by atoms with Crippen molar-refractivity contribution in [1.29, 1.82) is 0 Å². The van der Waals surface area contributed by atoms with Gasteiger partial charge >= 0.3 is 0 Å². The van der Waals surface area contributed by atoms with Crippen LogP contribution in [0.15, 0.2) is 59.7 Å². The lowest BCUT2D eigenvalue weighted by atomic mass is 10.2. The van der Waals surface area contributed by atoms with Crippen LogP contribution in [-0.2, 0) is 12.8 Å². The Morgan fingerprint density at radius 1 is 0.795 bits per heavy atom. The van der Waals surface area contributed by atoms with Crippen molar-refractivity contribution < 1.29 is 9.59 Å². The maximum atomic E-state index is 11.2. The summed E-state index contributed by atoms with van der Waals surface area (Å²) in [4.78, 5) is 39.8. The molecule has 0 N–H and O–H groups in total. The van der Waals surface area contributed by atoms with Crippen molar-refractivity contribution in [3.63, 3.8) is 0 Å². The second-order valence-corrected chi connectivity index (χ2v) is 10.8. The Hall–Kier alpha value is -4.16. The average Bonchev–Trinajstić information content (AvgIpc) is 3.87. The molecular formula is C30H25BrN6O2. The fraction of sp³-hybridized carbons (Fsp3) is 0.267. The number of nitrogens with zero attached hydrogens (tertiary/aromatic N) is 6. The molecule has 2 fully saturated rings. The van der Waals surface area contributed by atoms with E-state index in [2.05, 4.69) is 47.7 Å². The number of rotatable bonds is 6. The molecule has 0 spiro atoms. The number of hydrogen-bond acceptors (Lipinski definition) is 6. The lowest BCUT2D eigenvalue weighted by molar-refractivity contribution is 0.111. The van der Waals surface area contributed by atoms with E-state index in [9.17, 15) is 9.59 Å². The molecule has 4 heterocycles. The van der Waals surface area contributed by atoms with Gasteiger partial charge in [0.1, 0.15) is 21.7 Å². The van der Waals surface area contributed by atoms with Gasteiger partial charge in [0.05, 0.1) is 23.8 Å². The summed E-state index contributed by atoms with van der Waals surface area (Å²) < 4.78 is 4.34. The molecule has 0 saturated heterocycles. The van der Waals surface area contributed by atoms with Crippen molar-refractivity contribution in [1.82, 2.24) is 28.7 Å².